The number of carboxylic acid groups (broad SMARTS) is 1. The number of benzene rings is 1. The first-order valence-corrected chi connectivity index (χ1v) is 7.65. The van der Waals surface area contributed by atoms with Crippen LogP contribution in [0.15, 0.2) is 18.2 Å². The Bertz CT molecular complexity index is 644. The number of carbonyl (C=O) groups is 1. The highest BCUT2D eigenvalue weighted by Gasteiger charge is 2.18. The maximum atomic E-state index is 11.5. The summed E-state index contributed by atoms with van der Waals surface area (Å²) >= 11 is 0. The van der Waals surface area contributed by atoms with Crippen molar-refractivity contribution >= 4 is 16.9 Å². The summed E-state index contributed by atoms with van der Waals surface area (Å²) in [5, 5.41) is 10.5. The van der Waals surface area contributed by atoms with Gasteiger partial charge in [0.2, 0.25) is 0 Å². The SMILES string of the molecule is CCCCn1c(C)c(CCCN)c2cccc(C(=O)O)c21. The third kappa shape index (κ3) is 2.95. The summed E-state index contributed by atoms with van der Waals surface area (Å²) in [6.45, 7) is 5.76. The Kier molecular flexibility index (Phi) is 5.02. The molecule has 0 spiro atoms. The molecule has 1 heterocycles. The number of aryl methyl sites for hydroxylation is 2. The van der Waals surface area contributed by atoms with E-state index in [4.69, 9.17) is 5.73 Å². The first kappa shape index (κ1) is 15.6. The highest BCUT2D eigenvalue weighted by molar-refractivity contribution is 6.03. The summed E-state index contributed by atoms with van der Waals surface area (Å²) in [6, 6.07) is 5.56. The van der Waals surface area contributed by atoms with E-state index >= 15 is 0 Å². The van der Waals surface area contributed by atoms with Crippen LogP contribution in [0.3, 0.4) is 0 Å². The molecule has 0 aliphatic carbocycles. The van der Waals surface area contributed by atoms with Crippen molar-refractivity contribution in [2.75, 3.05) is 6.54 Å². The maximum absolute atomic E-state index is 11.5. The van der Waals surface area contributed by atoms with Gasteiger partial charge in [0.1, 0.15) is 0 Å². The summed E-state index contributed by atoms with van der Waals surface area (Å²) in [7, 11) is 0. The van der Waals surface area contributed by atoms with Gasteiger partial charge >= 0.3 is 5.97 Å². The fourth-order valence-corrected chi connectivity index (χ4v) is 2.97. The second kappa shape index (κ2) is 6.76. The molecule has 0 fully saturated rings. The minimum atomic E-state index is -0.860. The molecule has 2 rings (SSSR count). The zero-order valence-corrected chi connectivity index (χ0v) is 12.9. The number of rotatable bonds is 7. The van der Waals surface area contributed by atoms with Crippen LogP contribution in [0.25, 0.3) is 10.9 Å². The van der Waals surface area contributed by atoms with E-state index in [-0.39, 0.29) is 0 Å². The summed E-state index contributed by atoms with van der Waals surface area (Å²) in [5.41, 5.74) is 9.32. The lowest BCUT2D eigenvalue weighted by Crippen LogP contribution is -2.05. The Morgan fingerprint density at radius 1 is 1.33 bits per heavy atom. The van der Waals surface area contributed by atoms with Gasteiger partial charge in [-0.25, -0.2) is 4.79 Å². The summed E-state index contributed by atoms with van der Waals surface area (Å²) in [5.74, 6) is -0.860. The molecule has 21 heavy (non-hydrogen) atoms. The number of unbranched alkanes of at least 4 members (excludes halogenated alkanes) is 1. The molecule has 4 heteroatoms. The lowest BCUT2D eigenvalue weighted by Gasteiger charge is -2.09. The van der Waals surface area contributed by atoms with Crippen molar-refractivity contribution in [3.05, 3.63) is 35.0 Å². The fourth-order valence-electron chi connectivity index (χ4n) is 2.97. The molecule has 1 aromatic heterocycles. The first-order valence-electron chi connectivity index (χ1n) is 7.65. The molecular weight excluding hydrogens is 264 g/mol. The first-order chi connectivity index (χ1) is 10.1. The normalized spacial score (nSPS) is 11.2. The van der Waals surface area contributed by atoms with Crippen LogP contribution in [-0.4, -0.2) is 22.2 Å². The summed E-state index contributed by atoms with van der Waals surface area (Å²) < 4.78 is 2.17. The van der Waals surface area contributed by atoms with E-state index in [1.54, 1.807) is 6.07 Å². The Morgan fingerprint density at radius 2 is 2.10 bits per heavy atom. The Hall–Kier alpha value is -1.81. The van der Waals surface area contributed by atoms with Crippen molar-refractivity contribution in [2.45, 2.75) is 46.1 Å². The van der Waals surface area contributed by atoms with Crippen LogP contribution in [0.5, 0.6) is 0 Å². The maximum Gasteiger partial charge on any atom is 0.337 e. The number of aromatic carboxylic acids is 1. The molecule has 3 N–H and O–H groups in total. The van der Waals surface area contributed by atoms with E-state index < -0.39 is 5.97 Å². The molecule has 0 saturated heterocycles. The van der Waals surface area contributed by atoms with E-state index in [1.165, 1.54) is 11.3 Å². The number of fused-ring (bicyclic) bond motifs is 1. The van der Waals surface area contributed by atoms with E-state index in [0.29, 0.717) is 12.1 Å². The second-order valence-corrected chi connectivity index (χ2v) is 5.47. The number of nitrogens with two attached hydrogens (primary N) is 1. The lowest BCUT2D eigenvalue weighted by molar-refractivity contribution is 0.0698. The zero-order chi connectivity index (χ0) is 15.4. The van der Waals surface area contributed by atoms with Gasteiger partial charge in [-0.1, -0.05) is 25.5 Å². The highest BCUT2D eigenvalue weighted by atomic mass is 16.4. The fraction of sp³-hybridized carbons (Fsp3) is 0.471. The average Bonchev–Trinajstić information content (AvgIpc) is 2.74. The van der Waals surface area contributed by atoms with E-state index in [1.807, 2.05) is 12.1 Å². The molecule has 0 amide bonds. The lowest BCUT2D eigenvalue weighted by atomic mass is 10.0. The summed E-state index contributed by atoms with van der Waals surface area (Å²) in [6.07, 6.45) is 3.97. The smallest absolute Gasteiger partial charge is 0.337 e. The monoisotopic (exact) mass is 288 g/mol. The van der Waals surface area contributed by atoms with Gasteiger partial charge in [-0.3, -0.25) is 0 Å². The molecule has 1 aromatic carbocycles. The van der Waals surface area contributed by atoms with Crippen LogP contribution >= 0.6 is 0 Å². The van der Waals surface area contributed by atoms with Gasteiger partial charge in [-0.2, -0.15) is 0 Å². The minimum absolute atomic E-state index is 0.394. The third-order valence-corrected chi connectivity index (χ3v) is 4.07. The van der Waals surface area contributed by atoms with Crippen molar-refractivity contribution < 1.29 is 9.90 Å². The van der Waals surface area contributed by atoms with Gasteiger partial charge in [0.15, 0.2) is 0 Å². The minimum Gasteiger partial charge on any atom is -0.478 e. The molecule has 0 aliphatic rings. The number of hydrogen-bond donors (Lipinski definition) is 2. The molecule has 2 aromatic rings. The number of para-hydroxylation sites is 1. The molecule has 0 radical (unpaired) electrons. The quantitative estimate of drug-likeness (QED) is 0.821. The average molecular weight is 288 g/mol. The van der Waals surface area contributed by atoms with Crippen LogP contribution in [-0.2, 0) is 13.0 Å². The van der Waals surface area contributed by atoms with Gasteiger partial charge in [-0.05, 0) is 44.4 Å². The third-order valence-electron chi connectivity index (χ3n) is 4.07. The molecule has 4 nitrogen and oxygen atoms in total. The largest absolute Gasteiger partial charge is 0.478 e. The van der Waals surface area contributed by atoms with E-state index in [9.17, 15) is 9.90 Å². The predicted molar refractivity (Wildman–Crippen MR) is 85.9 cm³/mol. The van der Waals surface area contributed by atoms with Gasteiger partial charge in [0.05, 0.1) is 11.1 Å². The second-order valence-electron chi connectivity index (χ2n) is 5.47. The molecule has 0 saturated carbocycles. The molecule has 0 unspecified atom stereocenters. The van der Waals surface area contributed by atoms with Crippen molar-refractivity contribution in [1.29, 1.82) is 0 Å². The van der Waals surface area contributed by atoms with E-state index in [0.717, 1.165) is 43.1 Å². The zero-order valence-electron chi connectivity index (χ0n) is 12.9. The number of nitrogens with zero attached hydrogens (tertiary/aromatic N) is 1. The van der Waals surface area contributed by atoms with Crippen molar-refractivity contribution in [3.63, 3.8) is 0 Å². The van der Waals surface area contributed by atoms with Crippen LogP contribution in [0.1, 0.15) is 47.8 Å². The Labute approximate surface area is 125 Å². The van der Waals surface area contributed by atoms with Gasteiger partial charge in [0.25, 0.3) is 0 Å². The van der Waals surface area contributed by atoms with Crippen molar-refractivity contribution in [3.8, 4) is 0 Å². The molecule has 0 bridgehead atoms. The van der Waals surface area contributed by atoms with Crippen LogP contribution in [0.2, 0.25) is 0 Å². The van der Waals surface area contributed by atoms with E-state index in [2.05, 4.69) is 18.4 Å². The Morgan fingerprint density at radius 3 is 2.71 bits per heavy atom. The molecule has 0 aliphatic heterocycles. The summed E-state index contributed by atoms with van der Waals surface area (Å²) in [4.78, 5) is 11.5. The van der Waals surface area contributed by atoms with Gasteiger partial charge in [0, 0.05) is 17.6 Å². The van der Waals surface area contributed by atoms with Crippen molar-refractivity contribution in [1.82, 2.24) is 4.57 Å². The van der Waals surface area contributed by atoms with Gasteiger partial charge < -0.3 is 15.4 Å². The number of carboxylic acids is 1. The highest BCUT2D eigenvalue weighted by Crippen LogP contribution is 2.30. The van der Waals surface area contributed by atoms with Crippen molar-refractivity contribution in [2.24, 2.45) is 5.73 Å². The van der Waals surface area contributed by atoms with Crippen LogP contribution < -0.4 is 5.73 Å². The standard InChI is InChI=1S/C17H24N2O2/c1-3-4-11-19-12(2)13(9-6-10-18)14-7-5-8-15(16(14)19)17(20)21/h5,7-8H,3-4,6,9-11,18H2,1-2H3,(H,20,21). The predicted octanol–water partition coefficient (Wildman–Crippen LogP) is 3.34. The molecule has 114 valence electrons. The molecular formula is C17H24N2O2. The topological polar surface area (TPSA) is 68.2 Å². The Balaban J connectivity index is 2.66. The van der Waals surface area contributed by atoms with Crippen LogP contribution in [0.4, 0.5) is 0 Å². The number of aromatic nitrogens is 1. The van der Waals surface area contributed by atoms with Gasteiger partial charge in [-0.15, -0.1) is 0 Å². The molecule has 0 atom stereocenters. The number of hydrogen-bond acceptors (Lipinski definition) is 2. The van der Waals surface area contributed by atoms with Crippen LogP contribution in [0, 0.1) is 6.92 Å².